The number of hydrogen-bond acceptors (Lipinski definition) is 4. The predicted octanol–water partition coefficient (Wildman–Crippen LogP) is 3.80. The van der Waals surface area contributed by atoms with Gasteiger partial charge in [-0.2, -0.15) is 0 Å². The molecule has 0 aliphatic carbocycles. The first-order valence-corrected chi connectivity index (χ1v) is 10.1. The van der Waals surface area contributed by atoms with E-state index in [1.165, 1.54) is 0 Å². The van der Waals surface area contributed by atoms with Crippen LogP contribution in [0.25, 0.3) is 0 Å². The Morgan fingerprint density at radius 1 is 1.23 bits per heavy atom. The van der Waals surface area contributed by atoms with E-state index in [9.17, 15) is 4.79 Å². The number of nitrogens with one attached hydrogen (secondary N) is 1. The Hall–Kier alpha value is -1.43. The first-order chi connectivity index (χ1) is 12.7. The van der Waals surface area contributed by atoms with Crippen molar-refractivity contribution in [3.8, 4) is 0 Å². The van der Waals surface area contributed by atoms with Gasteiger partial charge in [0, 0.05) is 12.2 Å². The summed E-state index contributed by atoms with van der Waals surface area (Å²) >= 11 is 0. The number of benzene rings is 1. The third-order valence-electron chi connectivity index (χ3n) is 4.87. The van der Waals surface area contributed by atoms with Gasteiger partial charge in [-0.15, -0.1) is 0 Å². The Labute approximate surface area is 158 Å². The molecule has 5 heteroatoms. The second-order valence-electron chi connectivity index (χ2n) is 6.78. The Morgan fingerprint density at radius 2 is 2.00 bits per heavy atom. The fourth-order valence-corrected chi connectivity index (χ4v) is 3.20. The zero-order chi connectivity index (χ0) is 18.6. The Morgan fingerprint density at radius 3 is 2.65 bits per heavy atom. The molecule has 0 aromatic heterocycles. The summed E-state index contributed by atoms with van der Waals surface area (Å²) < 4.78 is 11.8. The van der Waals surface area contributed by atoms with Crippen LogP contribution in [-0.2, 0) is 9.47 Å². The highest BCUT2D eigenvalue weighted by Gasteiger charge is 2.21. The number of hydrogen-bond donors (Lipinski definition) is 1. The highest BCUT2D eigenvalue weighted by molar-refractivity contribution is 5.94. The van der Waals surface area contributed by atoms with Crippen LogP contribution in [0.3, 0.4) is 0 Å². The van der Waals surface area contributed by atoms with E-state index in [-0.39, 0.29) is 18.4 Å². The minimum absolute atomic E-state index is 0.0878. The maximum absolute atomic E-state index is 12.5. The topological polar surface area (TPSA) is 50.8 Å². The van der Waals surface area contributed by atoms with Gasteiger partial charge in [-0.05, 0) is 70.3 Å². The maximum Gasteiger partial charge on any atom is 0.253 e. The normalized spacial score (nSPS) is 18.7. The van der Waals surface area contributed by atoms with Crippen molar-refractivity contribution in [1.29, 1.82) is 0 Å². The van der Waals surface area contributed by atoms with Crippen LogP contribution in [0.2, 0.25) is 0 Å². The lowest BCUT2D eigenvalue weighted by atomic mass is 10.1. The maximum atomic E-state index is 12.5. The van der Waals surface area contributed by atoms with E-state index in [0.717, 1.165) is 64.8 Å². The molecular formula is C21H34N2O3. The van der Waals surface area contributed by atoms with E-state index in [2.05, 4.69) is 24.1 Å². The molecule has 1 fully saturated rings. The van der Waals surface area contributed by atoms with Gasteiger partial charge in [0.2, 0.25) is 0 Å². The molecule has 1 aliphatic rings. The minimum atomic E-state index is -0.303. The standard InChI is InChI=1S/C21H34N2O3/c1-3-23(4-2)16-10-8-14-19(26-20-15-9-11-17-25-20)22-21(24)18-12-6-5-7-13-18/h5-7,12-13,19-20H,3-4,8-11,14-17H2,1-2H3,(H,22,24). The van der Waals surface area contributed by atoms with Crippen molar-refractivity contribution in [2.45, 2.75) is 64.9 Å². The van der Waals surface area contributed by atoms with Crippen molar-refractivity contribution >= 4 is 5.91 Å². The van der Waals surface area contributed by atoms with Crippen molar-refractivity contribution < 1.29 is 14.3 Å². The summed E-state index contributed by atoms with van der Waals surface area (Å²) in [7, 11) is 0. The van der Waals surface area contributed by atoms with Gasteiger partial charge in [-0.3, -0.25) is 4.79 Å². The summed E-state index contributed by atoms with van der Waals surface area (Å²) in [5, 5.41) is 3.04. The number of unbranched alkanes of at least 4 members (excludes halogenated alkanes) is 1. The van der Waals surface area contributed by atoms with Crippen molar-refractivity contribution in [1.82, 2.24) is 10.2 Å². The molecule has 0 bridgehead atoms. The van der Waals surface area contributed by atoms with Gasteiger partial charge in [0.25, 0.3) is 5.91 Å². The van der Waals surface area contributed by atoms with Crippen LogP contribution >= 0.6 is 0 Å². The molecule has 1 heterocycles. The number of rotatable bonds is 11. The molecule has 1 N–H and O–H groups in total. The Kier molecular flexibility index (Phi) is 9.67. The summed E-state index contributed by atoms with van der Waals surface area (Å²) in [5.41, 5.74) is 0.661. The molecule has 146 valence electrons. The van der Waals surface area contributed by atoms with Crippen LogP contribution in [0, 0.1) is 0 Å². The highest BCUT2D eigenvalue weighted by Crippen LogP contribution is 2.17. The molecule has 1 aromatic carbocycles. The Bertz CT molecular complexity index is 499. The van der Waals surface area contributed by atoms with Crippen LogP contribution in [-0.4, -0.2) is 49.6 Å². The van der Waals surface area contributed by atoms with Gasteiger partial charge in [0.05, 0.1) is 0 Å². The zero-order valence-corrected chi connectivity index (χ0v) is 16.3. The SMILES string of the molecule is CCN(CC)CCCCC(NC(=O)c1ccccc1)OC1CCCCO1. The number of amides is 1. The molecular weight excluding hydrogens is 328 g/mol. The molecule has 1 aliphatic heterocycles. The quantitative estimate of drug-likeness (QED) is 0.480. The van der Waals surface area contributed by atoms with Crippen LogP contribution in [0.15, 0.2) is 30.3 Å². The van der Waals surface area contributed by atoms with Crippen LogP contribution < -0.4 is 5.32 Å². The molecule has 0 radical (unpaired) electrons. The molecule has 0 spiro atoms. The lowest BCUT2D eigenvalue weighted by Gasteiger charge is -2.28. The predicted molar refractivity (Wildman–Crippen MR) is 104 cm³/mol. The van der Waals surface area contributed by atoms with E-state index in [0.29, 0.717) is 5.56 Å². The number of ether oxygens (including phenoxy) is 2. The minimum Gasteiger partial charge on any atom is -0.353 e. The van der Waals surface area contributed by atoms with Gasteiger partial charge in [-0.1, -0.05) is 32.0 Å². The molecule has 26 heavy (non-hydrogen) atoms. The number of carbonyl (C=O) groups is 1. The van der Waals surface area contributed by atoms with Gasteiger partial charge in [0.1, 0.15) is 6.23 Å². The number of carbonyl (C=O) groups excluding carboxylic acids is 1. The Balaban J connectivity index is 1.85. The van der Waals surface area contributed by atoms with E-state index in [4.69, 9.17) is 9.47 Å². The smallest absolute Gasteiger partial charge is 0.253 e. The molecule has 0 saturated carbocycles. The summed E-state index contributed by atoms with van der Waals surface area (Å²) in [6, 6.07) is 9.31. The zero-order valence-electron chi connectivity index (χ0n) is 16.3. The van der Waals surface area contributed by atoms with Crippen molar-refractivity contribution in [3.05, 3.63) is 35.9 Å². The van der Waals surface area contributed by atoms with E-state index >= 15 is 0 Å². The van der Waals surface area contributed by atoms with Crippen LogP contribution in [0.1, 0.15) is 62.7 Å². The van der Waals surface area contributed by atoms with Gasteiger partial charge in [-0.25, -0.2) is 0 Å². The largest absolute Gasteiger partial charge is 0.353 e. The third kappa shape index (κ3) is 7.44. The molecule has 5 nitrogen and oxygen atoms in total. The molecule has 2 rings (SSSR count). The summed E-state index contributed by atoms with van der Waals surface area (Å²) in [6.07, 6.45) is 5.53. The summed E-state index contributed by atoms with van der Waals surface area (Å²) in [5.74, 6) is -0.0878. The van der Waals surface area contributed by atoms with E-state index < -0.39 is 0 Å². The molecule has 2 atom stereocenters. The fourth-order valence-electron chi connectivity index (χ4n) is 3.20. The van der Waals surface area contributed by atoms with Crippen LogP contribution in [0.4, 0.5) is 0 Å². The van der Waals surface area contributed by atoms with Crippen molar-refractivity contribution in [3.63, 3.8) is 0 Å². The van der Waals surface area contributed by atoms with Crippen molar-refractivity contribution in [2.24, 2.45) is 0 Å². The van der Waals surface area contributed by atoms with Crippen molar-refractivity contribution in [2.75, 3.05) is 26.2 Å². The van der Waals surface area contributed by atoms with Crippen LogP contribution in [0.5, 0.6) is 0 Å². The second-order valence-corrected chi connectivity index (χ2v) is 6.78. The van der Waals surface area contributed by atoms with Gasteiger partial charge >= 0.3 is 0 Å². The third-order valence-corrected chi connectivity index (χ3v) is 4.87. The monoisotopic (exact) mass is 362 g/mol. The lowest BCUT2D eigenvalue weighted by molar-refractivity contribution is -0.193. The van der Waals surface area contributed by atoms with Gasteiger partial charge < -0.3 is 19.7 Å². The molecule has 1 saturated heterocycles. The second kappa shape index (κ2) is 12.0. The van der Waals surface area contributed by atoms with E-state index in [1.54, 1.807) is 0 Å². The summed E-state index contributed by atoms with van der Waals surface area (Å²) in [6.45, 7) is 8.37. The average molecular weight is 363 g/mol. The molecule has 1 amide bonds. The number of nitrogens with zero attached hydrogens (tertiary/aromatic N) is 1. The van der Waals surface area contributed by atoms with E-state index in [1.807, 2.05) is 30.3 Å². The molecule has 1 aromatic rings. The average Bonchev–Trinajstić information content (AvgIpc) is 2.69. The highest BCUT2D eigenvalue weighted by atomic mass is 16.7. The van der Waals surface area contributed by atoms with Gasteiger partial charge in [0.15, 0.2) is 6.29 Å². The first-order valence-electron chi connectivity index (χ1n) is 10.1. The molecule has 2 unspecified atom stereocenters. The lowest BCUT2D eigenvalue weighted by Crippen LogP contribution is -2.41. The fraction of sp³-hybridized carbons (Fsp3) is 0.667. The first kappa shape index (κ1) is 20.9. The summed E-state index contributed by atoms with van der Waals surface area (Å²) in [4.78, 5) is 14.9.